The SMILES string of the molecule is CC1(C#N)CCN(S(=O)(=O)C(F)F)CC1. The fraction of sp³-hybridized carbons (Fsp3) is 0.875. The van der Waals surface area contributed by atoms with Crippen molar-refractivity contribution in [1.82, 2.24) is 4.31 Å². The lowest BCUT2D eigenvalue weighted by Crippen LogP contribution is -2.43. The third-order valence-electron chi connectivity index (χ3n) is 2.68. The van der Waals surface area contributed by atoms with E-state index < -0.39 is 21.2 Å². The molecule has 0 bridgehead atoms. The molecule has 1 fully saturated rings. The number of nitrogens with zero attached hydrogens (tertiary/aromatic N) is 2. The monoisotopic (exact) mass is 238 g/mol. The minimum absolute atomic E-state index is 0.00324. The average Bonchev–Trinajstić information content (AvgIpc) is 2.18. The van der Waals surface area contributed by atoms with Gasteiger partial charge in [-0.2, -0.15) is 18.3 Å². The number of sulfonamides is 1. The Balaban J connectivity index is 2.72. The van der Waals surface area contributed by atoms with E-state index in [1.165, 1.54) is 0 Å². The summed E-state index contributed by atoms with van der Waals surface area (Å²) in [7, 11) is -4.47. The molecule has 86 valence electrons. The number of hydrogen-bond acceptors (Lipinski definition) is 3. The molecular formula is C8H12F2N2O2S. The summed E-state index contributed by atoms with van der Waals surface area (Å²) in [4.78, 5) is 0. The molecule has 0 saturated carbocycles. The first-order valence-electron chi connectivity index (χ1n) is 4.50. The van der Waals surface area contributed by atoms with Gasteiger partial charge in [0.15, 0.2) is 0 Å². The second-order valence-corrected chi connectivity index (χ2v) is 5.78. The van der Waals surface area contributed by atoms with Gasteiger partial charge in [0.25, 0.3) is 10.0 Å². The van der Waals surface area contributed by atoms with Gasteiger partial charge in [0.2, 0.25) is 0 Å². The second kappa shape index (κ2) is 4.02. The molecule has 15 heavy (non-hydrogen) atoms. The highest BCUT2D eigenvalue weighted by Gasteiger charge is 2.38. The van der Waals surface area contributed by atoms with Gasteiger partial charge in [-0.15, -0.1) is 0 Å². The van der Waals surface area contributed by atoms with Crippen LogP contribution in [0.15, 0.2) is 0 Å². The molecule has 1 heterocycles. The van der Waals surface area contributed by atoms with E-state index in [4.69, 9.17) is 5.26 Å². The molecule has 7 heteroatoms. The molecule has 1 rings (SSSR count). The van der Waals surface area contributed by atoms with Crippen LogP contribution in [0.25, 0.3) is 0 Å². The summed E-state index contributed by atoms with van der Waals surface area (Å²) in [5.74, 6) is -3.37. The van der Waals surface area contributed by atoms with Crippen molar-refractivity contribution in [3.63, 3.8) is 0 Å². The molecule has 0 aromatic heterocycles. The Morgan fingerprint density at radius 1 is 1.40 bits per heavy atom. The number of nitriles is 1. The van der Waals surface area contributed by atoms with Gasteiger partial charge in [-0.3, -0.25) is 0 Å². The van der Waals surface area contributed by atoms with Crippen LogP contribution in [0.2, 0.25) is 0 Å². The molecule has 0 aliphatic carbocycles. The summed E-state index contributed by atoms with van der Waals surface area (Å²) in [5.41, 5.74) is -0.589. The van der Waals surface area contributed by atoms with E-state index in [0.29, 0.717) is 12.8 Å². The van der Waals surface area contributed by atoms with Gasteiger partial charge < -0.3 is 0 Å². The van der Waals surface area contributed by atoms with Crippen molar-refractivity contribution in [3.8, 4) is 6.07 Å². The number of rotatable bonds is 2. The summed E-state index contributed by atoms with van der Waals surface area (Å²) < 4.78 is 47.3. The zero-order chi connectivity index (χ0) is 11.7. The molecule has 0 N–H and O–H groups in total. The van der Waals surface area contributed by atoms with Gasteiger partial charge in [0.05, 0.1) is 11.5 Å². The highest BCUT2D eigenvalue weighted by atomic mass is 32.2. The number of piperidine rings is 1. The maximum atomic E-state index is 12.2. The van der Waals surface area contributed by atoms with E-state index >= 15 is 0 Å². The smallest absolute Gasteiger partial charge is 0.206 e. The second-order valence-electron chi connectivity index (χ2n) is 3.88. The van der Waals surface area contributed by atoms with Crippen molar-refractivity contribution < 1.29 is 17.2 Å². The van der Waals surface area contributed by atoms with Crippen molar-refractivity contribution in [1.29, 1.82) is 5.26 Å². The van der Waals surface area contributed by atoms with Crippen molar-refractivity contribution in [2.24, 2.45) is 5.41 Å². The highest BCUT2D eigenvalue weighted by Crippen LogP contribution is 2.31. The van der Waals surface area contributed by atoms with Crippen LogP contribution in [0.5, 0.6) is 0 Å². The molecule has 0 radical (unpaired) electrons. The molecule has 0 aromatic rings. The quantitative estimate of drug-likeness (QED) is 0.725. The normalized spacial score (nSPS) is 22.6. The maximum Gasteiger partial charge on any atom is 0.350 e. The summed E-state index contributed by atoms with van der Waals surface area (Å²) in [6.07, 6.45) is 0.602. The van der Waals surface area contributed by atoms with Crippen LogP contribution in [-0.4, -0.2) is 31.6 Å². The summed E-state index contributed by atoms with van der Waals surface area (Å²) >= 11 is 0. The van der Waals surface area contributed by atoms with Gasteiger partial charge in [-0.1, -0.05) is 0 Å². The fourth-order valence-electron chi connectivity index (χ4n) is 1.46. The van der Waals surface area contributed by atoms with Gasteiger partial charge in [-0.25, -0.2) is 8.42 Å². The van der Waals surface area contributed by atoms with E-state index in [1.807, 2.05) is 0 Å². The molecule has 0 unspecified atom stereocenters. The van der Waals surface area contributed by atoms with Gasteiger partial charge in [-0.05, 0) is 19.8 Å². The van der Waals surface area contributed by atoms with Gasteiger partial charge in [0.1, 0.15) is 0 Å². The Bertz CT molecular complexity index is 367. The number of hydrogen-bond donors (Lipinski definition) is 0. The molecule has 4 nitrogen and oxygen atoms in total. The number of halogens is 2. The van der Waals surface area contributed by atoms with Crippen LogP contribution in [0.4, 0.5) is 8.78 Å². The van der Waals surface area contributed by atoms with E-state index in [0.717, 1.165) is 4.31 Å². The first-order valence-corrected chi connectivity index (χ1v) is 6.00. The van der Waals surface area contributed by atoms with E-state index in [1.54, 1.807) is 6.92 Å². The van der Waals surface area contributed by atoms with Crippen LogP contribution < -0.4 is 0 Å². The van der Waals surface area contributed by atoms with Crippen LogP contribution in [0.1, 0.15) is 19.8 Å². The molecule has 1 aliphatic heterocycles. The zero-order valence-corrected chi connectivity index (χ0v) is 9.10. The van der Waals surface area contributed by atoms with Crippen molar-refractivity contribution in [2.75, 3.05) is 13.1 Å². The Hall–Kier alpha value is -0.740. The first-order chi connectivity index (χ1) is 6.82. The largest absolute Gasteiger partial charge is 0.350 e. The summed E-state index contributed by atoms with van der Waals surface area (Å²) in [5, 5.41) is 8.78. The van der Waals surface area contributed by atoms with Crippen molar-refractivity contribution >= 4 is 10.0 Å². The zero-order valence-electron chi connectivity index (χ0n) is 8.28. The van der Waals surface area contributed by atoms with Gasteiger partial charge in [0, 0.05) is 13.1 Å². The van der Waals surface area contributed by atoms with Crippen molar-refractivity contribution in [2.45, 2.75) is 25.5 Å². The van der Waals surface area contributed by atoms with Crippen molar-refractivity contribution in [3.05, 3.63) is 0 Å². The molecule has 0 amide bonds. The average molecular weight is 238 g/mol. The molecule has 0 spiro atoms. The lowest BCUT2D eigenvalue weighted by molar-refractivity contribution is 0.191. The predicted molar refractivity (Wildman–Crippen MR) is 49.5 cm³/mol. The third kappa shape index (κ3) is 2.44. The Labute approximate surface area is 87.5 Å². The first kappa shape index (κ1) is 12.3. The van der Waals surface area contributed by atoms with E-state index in [2.05, 4.69) is 6.07 Å². The van der Waals surface area contributed by atoms with E-state index in [9.17, 15) is 17.2 Å². The number of alkyl halides is 2. The third-order valence-corrected chi connectivity index (χ3v) is 4.22. The molecule has 1 saturated heterocycles. The Morgan fingerprint density at radius 3 is 2.20 bits per heavy atom. The fourth-order valence-corrected chi connectivity index (χ4v) is 2.38. The molecule has 0 aromatic carbocycles. The standard InChI is InChI=1S/C8H12F2N2O2S/c1-8(6-11)2-4-12(5-3-8)15(13,14)7(9)10/h7H,2-5H2,1H3. The molecule has 0 atom stereocenters. The lowest BCUT2D eigenvalue weighted by atomic mass is 9.83. The summed E-state index contributed by atoms with van der Waals surface area (Å²) in [6, 6.07) is 2.07. The molecule has 1 aliphatic rings. The minimum Gasteiger partial charge on any atom is -0.206 e. The van der Waals surface area contributed by atoms with Crippen LogP contribution in [0, 0.1) is 16.7 Å². The van der Waals surface area contributed by atoms with Crippen LogP contribution >= 0.6 is 0 Å². The Kier molecular flexibility index (Phi) is 3.31. The lowest BCUT2D eigenvalue weighted by Gasteiger charge is -2.33. The van der Waals surface area contributed by atoms with E-state index in [-0.39, 0.29) is 13.1 Å². The van der Waals surface area contributed by atoms with Crippen LogP contribution in [0.3, 0.4) is 0 Å². The predicted octanol–water partition coefficient (Wildman–Crippen LogP) is 1.16. The maximum absolute atomic E-state index is 12.2. The van der Waals surface area contributed by atoms with Crippen LogP contribution in [-0.2, 0) is 10.0 Å². The van der Waals surface area contributed by atoms with Gasteiger partial charge >= 0.3 is 5.76 Å². The minimum atomic E-state index is -4.47. The Morgan fingerprint density at radius 2 is 1.87 bits per heavy atom. The summed E-state index contributed by atoms with van der Waals surface area (Å²) in [6.45, 7) is 1.70. The molecular weight excluding hydrogens is 226 g/mol. The topological polar surface area (TPSA) is 61.2 Å². The highest BCUT2D eigenvalue weighted by molar-refractivity contribution is 7.89.